The van der Waals surface area contributed by atoms with Crippen LogP contribution in [0.25, 0.3) is 0 Å². The highest BCUT2D eigenvalue weighted by molar-refractivity contribution is 6.30. The zero-order chi connectivity index (χ0) is 15.2. The Labute approximate surface area is 127 Å². The van der Waals surface area contributed by atoms with Gasteiger partial charge in [0.05, 0.1) is 12.0 Å². The number of nitrogens with zero attached hydrogens (tertiary/aromatic N) is 2. The number of benzene rings is 1. The van der Waals surface area contributed by atoms with E-state index in [1.54, 1.807) is 6.92 Å². The minimum absolute atomic E-state index is 0.198. The molecule has 1 aromatic rings. The predicted molar refractivity (Wildman–Crippen MR) is 77.7 cm³/mol. The van der Waals surface area contributed by atoms with Crippen molar-refractivity contribution in [3.8, 4) is 6.07 Å². The van der Waals surface area contributed by atoms with Crippen molar-refractivity contribution >= 4 is 29.1 Å². The largest absolute Gasteiger partial charge is 0.339 e. The zero-order valence-corrected chi connectivity index (χ0v) is 12.2. The van der Waals surface area contributed by atoms with Crippen LogP contribution in [0.1, 0.15) is 12.5 Å². The Bertz CT molecular complexity index is 667. The summed E-state index contributed by atoms with van der Waals surface area (Å²) in [5.74, 6) is -1.03. The third-order valence-corrected chi connectivity index (χ3v) is 4.49. The van der Waals surface area contributed by atoms with E-state index >= 15 is 0 Å². The van der Waals surface area contributed by atoms with Crippen molar-refractivity contribution in [2.45, 2.75) is 17.7 Å². The molecule has 6 heteroatoms. The van der Waals surface area contributed by atoms with E-state index in [0.29, 0.717) is 0 Å². The number of nitrogens with one attached hydrogen (secondary N) is 1. The van der Waals surface area contributed by atoms with Crippen molar-refractivity contribution in [2.75, 3.05) is 18.4 Å². The summed E-state index contributed by atoms with van der Waals surface area (Å²) in [5, 5.41) is 11.6. The summed E-state index contributed by atoms with van der Waals surface area (Å²) in [4.78, 5) is 26.2. The normalized spacial score (nSPS) is 28.1. The Kier molecular flexibility index (Phi) is 3.14. The van der Waals surface area contributed by atoms with Crippen molar-refractivity contribution < 1.29 is 9.59 Å². The molecule has 2 amide bonds. The maximum Gasteiger partial charge on any atom is 0.240 e. The first-order valence-corrected chi connectivity index (χ1v) is 7.18. The number of amides is 2. The van der Waals surface area contributed by atoms with Crippen molar-refractivity contribution in [1.82, 2.24) is 4.90 Å². The number of hydrogen-bond donors (Lipinski definition) is 1. The third-order valence-electron chi connectivity index (χ3n) is 4.31. The van der Waals surface area contributed by atoms with Crippen LogP contribution in [-0.2, 0) is 15.0 Å². The number of nitriles is 1. The molecule has 0 aliphatic carbocycles. The summed E-state index contributed by atoms with van der Waals surface area (Å²) in [6, 6.07) is 9.52. The number of carbonyl (C=O) groups excluding carboxylic acids is 2. The second-order valence-electron chi connectivity index (χ2n) is 5.49. The van der Waals surface area contributed by atoms with Gasteiger partial charge in [0.15, 0.2) is 0 Å². The second-order valence-corrected chi connectivity index (χ2v) is 6.14. The summed E-state index contributed by atoms with van der Waals surface area (Å²) < 4.78 is 0. The Balaban J connectivity index is 2.07. The standard InChI is InChI=1S/C15H14ClN3O2/c1-9(16)13(20)19-7-10(6-17)15(8-19)11-4-2-3-5-12(11)18-14(15)21/h2-5,9-10H,7-8H2,1H3,(H,18,21). The number of carbonyl (C=O) groups is 2. The Morgan fingerprint density at radius 3 is 2.95 bits per heavy atom. The smallest absolute Gasteiger partial charge is 0.240 e. The van der Waals surface area contributed by atoms with E-state index in [9.17, 15) is 14.9 Å². The molecule has 1 spiro atoms. The van der Waals surface area contributed by atoms with Gasteiger partial charge >= 0.3 is 0 Å². The lowest BCUT2D eigenvalue weighted by atomic mass is 9.74. The van der Waals surface area contributed by atoms with Crippen LogP contribution in [-0.4, -0.2) is 35.2 Å². The molecule has 108 valence electrons. The molecule has 2 aliphatic rings. The molecule has 0 saturated carbocycles. The molecule has 1 N–H and O–H groups in total. The zero-order valence-electron chi connectivity index (χ0n) is 11.5. The fourth-order valence-electron chi connectivity index (χ4n) is 3.26. The monoisotopic (exact) mass is 303 g/mol. The molecule has 1 saturated heterocycles. The Morgan fingerprint density at radius 2 is 2.29 bits per heavy atom. The van der Waals surface area contributed by atoms with Crippen molar-refractivity contribution in [3.05, 3.63) is 29.8 Å². The van der Waals surface area contributed by atoms with E-state index in [2.05, 4.69) is 11.4 Å². The molecule has 21 heavy (non-hydrogen) atoms. The van der Waals surface area contributed by atoms with Crippen LogP contribution in [0.2, 0.25) is 0 Å². The molecule has 3 atom stereocenters. The van der Waals surface area contributed by atoms with Gasteiger partial charge in [-0.1, -0.05) is 18.2 Å². The molecule has 2 aliphatic heterocycles. The Hall–Kier alpha value is -2.06. The average molecular weight is 304 g/mol. The highest BCUT2D eigenvalue weighted by Gasteiger charge is 2.58. The van der Waals surface area contributed by atoms with E-state index in [-0.39, 0.29) is 24.9 Å². The highest BCUT2D eigenvalue weighted by atomic mass is 35.5. The maximum atomic E-state index is 12.5. The third kappa shape index (κ3) is 1.83. The first-order valence-electron chi connectivity index (χ1n) is 6.74. The van der Waals surface area contributed by atoms with Crippen LogP contribution in [0.4, 0.5) is 5.69 Å². The quantitative estimate of drug-likeness (QED) is 0.799. The van der Waals surface area contributed by atoms with Crippen molar-refractivity contribution in [2.24, 2.45) is 5.92 Å². The predicted octanol–water partition coefficient (Wildman–Crippen LogP) is 1.49. The summed E-state index contributed by atoms with van der Waals surface area (Å²) in [6.45, 7) is 2.02. The lowest BCUT2D eigenvalue weighted by Crippen LogP contribution is -2.43. The molecule has 0 radical (unpaired) electrons. The molecule has 3 unspecified atom stereocenters. The SMILES string of the molecule is CC(Cl)C(=O)N1CC(C#N)C2(C1)C(=O)Nc1ccccc12. The lowest BCUT2D eigenvalue weighted by molar-refractivity contribution is -0.130. The van der Waals surface area contributed by atoms with Gasteiger partial charge in [-0.15, -0.1) is 11.6 Å². The van der Waals surface area contributed by atoms with Gasteiger partial charge in [-0.05, 0) is 18.6 Å². The van der Waals surface area contributed by atoms with Crippen LogP contribution in [0.5, 0.6) is 0 Å². The Morgan fingerprint density at radius 1 is 1.57 bits per heavy atom. The number of anilines is 1. The minimum Gasteiger partial charge on any atom is -0.339 e. The summed E-state index contributed by atoms with van der Waals surface area (Å²) in [7, 11) is 0. The number of halogens is 1. The number of rotatable bonds is 1. The minimum atomic E-state index is -0.979. The second kappa shape index (κ2) is 4.74. The first-order chi connectivity index (χ1) is 10.0. The summed E-state index contributed by atoms with van der Waals surface area (Å²) in [5.41, 5.74) is 0.530. The molecule has 0 bridgehead atoms. The fourth-order valence-corrected chi connectivity index (χ4v) is 3.40. The number of alkyl halides is 1. The molecule has 3 rings (SSSR count). The molecular weight excluding hydrogens is 290 g/mol. The van der Waals surface area contributed by atoms with Crippen LogP contribution in [0, 0.1) is 17.2 Å². The molecule has 2 heterocycles. The van der Waals surface area contributed by atoms with E-state index in [4.69, 9.17) is 11.6 Å². The van der Waals surface area contributed by atoms with Crippen molar-refractivity contribution in [1.29, 1.82) is 5.26 Å². The number of hydrogen-bond acceptors (Lipinski definition) is 3. The number of likely N-dealkylation sites (tertiary alicyclic amines) is 1. The van der Waals surface area contributed by atoms with Crippen LogP contribution in [0.3, 0.4) is 0 Å². The lowest BCUT2D eigenvalue weighted by Gasteiger charge is -2.24. The summed E-state index contributed by atoms with van der Waals surface area (Å²) >= 11 is 5.86. The molecule has 0 aromatic heterocycles. The van der Waals surface area contributed by atoms with Crippen LogP contribution < -0.4 is 5.32 Å². The van der Waals surface area contributed by atoms with E-state index < -0.39 is 16.7 Å². The van der Waals surface area contributed by atoms with Gasteiger partial charge in [-0.25, -0.2) is 0 Å². The molecule has 1 aromatic carbocycles. The van der Waals surface area contributed by atoms with E-state index in [1.165, 1.54) is 4.90 Å². The topological polar surface area (TPSA) is 73.2 Å². The molecular formula is C15H14ClN3O2. The number of fused-ring (bicyclic) bond motifs is 2. The van der Waals surface area contributed by atoms with E-state index in [1.807, 2.05) is 24.3 Å². The van der Waals surface area contributed by atoms with Gasteiger partial charge in [0, 0.05) is 18.8 Å². The van der Waals surface area contributed by atoms with Crippen LogP contribution in [0.15, 0.2) is 24.3 Å². The van der Waals surface area contributed by atoms with Gasteiger partial charge in [-0.2, -0.15) is 5.26 Å². The summed E-state index contributed by atoms with van der Waals surface area (Å²) in [6.07, 6.45) is 0. The molecule has 5 nitrogen and oxygen atoms in total. The maximum absolute atomic E-state index is 12.5. The van der Waals surface area contributed by atoms with Gasteiger partial charge < -0.3 is 10.2 Å². The van der Waals surface area contributed by atoms with Gasteiger partial charge in [-0.3, -0.25) is 9.59 Å². The van der Waals surface area contributed by atoms with Gasteiger partial charge in [0.25, 0.3) is 0 Å². The molecule has 1 fully saturated rings. The van der Waals surface area contributed by atoms with E-state index in [0.717, 1.165) is 11.3 Å². The highest BCUT2D eigenvalue weighted by Crippen LogP contribution is 2.47. The van der Waals surface area contributed by atoms with Gasteiger partial charge in [0.1, 0.15) is 10.8 Å². The van der Waals surface area contributed by atoms with Crippen molar-refractivity contribution in [3.63, 3.8) is 0 Å². The fraction of sp³-hybridized carbons (Fsp3) is 0.400. The number of para-hydroxylation sites is 1. The van der Waals surface area contributed by atoms with Crippen LogP contribution >= 0.6 is 11.6 Å². The first kappa shape index (κ1) is 13.9. The average Bonchev–Trinajstić information content (AvgIpc) is 2.99. The van der Waals surface area contributed by atoms with Gasteiger partial charge in [0.2, 0.25) is 11.8 Å².